The number of carboxylic acid groups (broad SMARTS) is 2. The maximum Gasteiger partial charge on any atom is 0.416 e. The molecule has 0 aliphatic heterocycles. The van der Waals surface area contributed by atoms with Crippen molar-refractivity contribution >= 4 is 34.9 Å². The number of benzene rings is 4. The molecule has 0 radical (unpaired) electrons. The van der Waals surface area contributed by atoms with Crippen molar-refractivity contribution in [2.75, 3.05) is 22.9 Å². The Balaban J connectivity index is 0.000000282. The first-order chi connectivity index (χ1) is 35.3. The Bertz CT molecular complexity index is 2850. The van der Waals surface area contributed by atoms with Crippen LogP contribution in [0.4, 0.5) is 49.4 Å². The van der Waals surface area contributed by atoms with Gasteiger partial charge in [0.2, 0.25) is 0 Å². The number of alkyl halides is 6. The summed E-state index contributed by atoms with van der Waals surface area (Å²) >= 11 is 0. The highest BCUT2D eigenvalue weighted by atomic mass is 19.4. The van der Waals surface area contributed by atoms with Gasteiger partial charge in [0.05, 0.1) is 34.9 Å². The van der Waals surface area contributed by atoms with E-state index in [0.29, 0.717) is 76.6 Å². The molecule has 0 fully saturated rings. The van der Waals surface area contributed by atoms with Crippen LogP contribution in [0.2, 0.25) is 0 Å². The maximum absolute atomic E-state index is 13.2. The van der Waals surface area contributed by atoms with E-state index in [4.69, 9.17) is 9.97 Å². The lowest BCUT2D eigenvalue weighted by Crippen LogP contribution is -2.22. The molecule has 2 N–H and O–H groups in total. The van der Waals surface area contributed by atoms with Gasteiger partial charge in [-0.3, -0.25) is 9.59 Å². The molecule has 0 aliphatic rings. The van der Waals surface area contributed by atoms with Crippen LogP contribution in [0.25, 0.3) is 22.5 Å². The molecule has 14 heteroatoms. The molecule has 6 aromatic rings. The largest absolute Gasteiger partial charge is 0.481 e. The number of carboxylic acids is 2. The predicted octanol–water partition coefficient (Wildman–Crippen LogP) is 17.3. The first-order valence-electron chi connectivity index (χ1n) is 25.9. The van der Waals surface area contributed by atoms with Gasteiger partial charge in [0.25, 0.3) is 0 Å². The third kappa shape index (κ3) is 17.2. The Morgan fingerprint density at radius 2 is 0.868 bits per heavy atom. The number of hydrogen-bond donors (Lipinski definition) is 2. The number of hydrogen-bond acceptors (Lipinski definition) is 6. The molecule has 8 nitrogen and oxygen atoms in total. The zero-order chi connectivity index (χ0) is 56.5. The summed E-state index contributed by atoms with van der Waals surface area (Å²) in [6.45, 7) is 26.7. The molecule has 4 aromatic carbocycles. The number of rotatable bonds is 18. The minimum absolute atomic E-state index is 0.00328. The average Bonchev–Trinajstić information content (AvgIpc) is 3.32. The summed E-state index contributed by atoms with van der Waals surface area (Å²) in [5.74, 6) is -0.584. The normalized spacial score (nSPS) is 12.6. The highest BCUT2D eigenvalue weighted by Crippen LogP contribution is 2.38. The molecule has 0 bridgehead atoms. The summed E-state index contributed by atoms with van der Waals surface area (Å²) in [5.41, 5.74) is 5.69. The average molecular weight is 1050 g/mol. The van der Waals surface area contributed by atoms with Crippen LogP contribution in [-0.2, 0) is 39.2 Å². The first-order valence-corrected chi connectivity index (χ1v) is 25.9. The van der Waals surface area contributed by atoms with Gasteiger partial charge in [-0.1, -0.05) is 132 Å². The van der Waals surface area contributed by atoms with Crippen LogP contribution in [0.5, 0.6) is 0 Å². The van der Waals surface area contributed by atoms with Gasteiger partial charge in [-0.25, -0.2) is 9.97 Å². The van der Waals surface area contributed by atoms with Gasteiger partial charge in [-0.15, -0.1) is 0 Å². The molecule has 0 spiro atoms. The number of nitrogens with zero attached hydrogens (tertiary/aromatic N) is 4. The molecule has 408 valence electrons. The molecular formula is C62H74F6N4O4. The van der Waals surface area contributed by atoms with E-state index >= 15 is 0 Å². The number of aliphatic carboxylic acids is 2. The number of aromatic nitrogens is 2. The van der Waals surface area contributed by atoms with Crippen molar-refractivity contribution in [3.05, 3.63) is 155 Å². The molecule has 6 rings (SSSR count). The van der Waals surface area contributed by atoms with E-state index in [1.807, 2.05) is 36.9 Å². The Morgan fingerprint density at radius 1 is 0.500 bits per heavy atom. The van der Waals surface area contributed by atoms with E-state index in [1.54, 1.807) is 18.2 Å². The molecular weight excluding hydrogens is 979 g/mol. The number of halogens is 6. The van der Waals surface area contributed by atoms with Gasteiger partial charge in [0, 0.05) is 35.6 Å². The smallest absolute Gasteiger partial charge is 0.416 e. The van der Waals surface area contributed by atoms with Crippen molar-refractivity contribution in [2.24, 2.45) is 17.8 Å². The summed E-state index contributed by atoms with van der Waals surface area (Å²) in [6, 6.07) is 33.1. The van der Waals surface area contributed by atoms with Gasteiger partial charge in [-0.2, -0.15) is 26.3 Å². The molecule has 0 amide bonds. The van der Waals surface area contributed by atoms with Crippen molar-refractivity contribution in [3.8, 4) is 22.5 Å². The zero-order valence-corrected chi connectivity index (χ0v) is 45.9. The lowest BCUT2D eigenvalue weighted by molar-refractivity contribution is -0.139. The lowest BCUT2D eigenvalue weighted by Gasteiger charge is -2.28. The van der Waals surface area contributed by atoms with Gasteiger partial charge >= 0.3 is 24.3 Å². The fraction of sp³-hybridized carbons (Fsp3) is 0.419. The van der Waals surface area contributed by atoms with E-state index < -0.39 is 41.3 Å². The fourth-order valence-electron chi connectivity index (χ4n) is 8.48. The van der Waals surface area contributed by atoms with Crippen molar-refractivity contribution < 1.29 is 46.1 Å². The number of carbonyl (C=O) groups is 2. The molecule has 1 unspecified atom stereocenters. The SMILES string of the molecule is CC(C)CCN(c1ccc(C(C)(C)C)cc1)c1cc(C(CC(C)C)C(=O)O)cc(-c2ccc(C(F)(F)F)cc2)n1.CC(C)CCN(c1ccc(C(C)(C)C)cc1)c1cc(CC(=O)O)cc(-c2ccc(C(F)(F)F)cc2)n1. The minimum Gasteiger partial charge on any atom is -0.481 e. The zero-order valence-electron chi connectivity index (χ0n) is 45.9. The van der Waals surface area contributed by atoms with Gasteiger partial charge < -0.3 is 20.0 Å². The Morgan fingerprint density at radius 3 is 1.20 bits per heavy atom. The summed E-state index contributed by atoms with van der Waals surface area (Å²) in [4.78, 5) is 37.7. The van der Waals surface area contributed by atoms with Crippen molar-refractivity contribution in [1.29, 1.82) is 0 Å². The molecule has 1 atom stereocenters. The van der Waals surface area contributed by atoms with Crippen LogP contribution in [-0.4, -0.2) is 45.2 Å². The first kappa shape index (κ1) is 60.2. The maximum atomic E-state index is 13.2. The molecule has 76 heavy (non-hydrogen) atoms. The molecule has 0 saturated heterocycles. The number of anilines is 4. The third-order valence-corrected chi connectivity index (χ3v) is 13.0. The third-order valence-electron chi connectivity index (χ3n) is 13.0. The summed E-state index contributed by atoms with van der Waals surface area (Å²) < 4.78 is 78.8. The molecule has 2 heterocycles. The van der Waals surface area contributed by atoms with E-state index in [-0.39, 0.29) is 23.2 Å². The van der Waals surface area contributed by atoms with Crippen molar-refractivity contribution in [2.45, 2.75) is 138 Å². The monoisotopic (exact) mass is 1050 g/mol. The van der Waals surface area contributed by atoms with Crippen molar-refractivity contribution in [3.63, 3.8) is 0 Å². The lowest BCUT2D eigenvalue weighted by atomic mass is 9.87. The predicted molar refractivity (Wildman–Crippen MR) is 294 cm³/mol. The van der Waals surface area contributed by atoms with Gasteiger partial charge in [-0.05, 0) is 143 Å². The molecule has 0 saturated carbocycles. The summed E-state index contributed by atoms with van der Waals surface area (Å²) in [5, 5.41) is 19.6. The van der Waals surface area contributed by atoms with Crippen LogP contribution in [0.1, 0.15) is 142 Å². The second kappa shape index (κ2) is 25.0. The standard InChI is InChI=1S/C33H41F3N2O2.C29H33F3N2O2/c1-21(2)16-17-38(27-14-12-25(13-15-27)32(5,6)7)30-20-24(28(31(39)40)18-22(3)4)19-29(37-30)23-8-10-26(11-9-23)33(34,35)36;1-19(2)14-15-34(24-12-10-22(11-13-24)28(3,4)5)26-17-20(18-27(35)36)16-25(33-26)21-6-8-23(9-7-21)29(30,31)32/h8-15,19-22,28H,16-18H2,1-7H3,(H,39,40);6-13,16-17,19H,14-15,18H2,1-5H3,(H,35,36). The van der Waals surface area contributed by atoms with E-state index in [0.717, 1.165) is 48.5 Å². The Hall–Kier alpha value is -6.70. The topological polar surface area (TPSA) is 107 Å². The number of pyridine rings is 2. The van der Waals surface area contributed by atoms with Crippen LogP contribution in [0, 0.1) is 17.8 Å². The Labute approximate surface area is 445 Å². The summed E-state index contributed by atoms with van der Waals surface area (Å²) in [6.07, 6.45) is -6.92. The highest BCUT2D eigenvalue weighted by Gasteiger charge is 2.32. The Kier molecular flexibility index (Phi) is 19.8. The molecule has 0 aliphatic carbocycles. The van der Waals surface area contributed by atoms with Crippen LogP contribution in [0.15, 0.2) is 121 Å². The second-order valence-corrected chi connectivity index (χ2v) is 22.9. The second-order valence-electron chi connectivity index (χ2n) is 22.9. The molecule has 2 aromatic heterocycles. The van der Waals surface area contributed by atoms with Crippen molar-refractivity contribution in [1.82, 2.24) is 9.97 Å². The van der Waals surface area contributed by atoms with Gasteiger partial charge in [0.1, 0.15) is 11.6 Å². The van der Waals surface area contributed by atoms with E-state index in [9.17, 15) is 46.1 Å². The van der Waals surface area contributed by atoms with Crippen LogP contribution < -0.4 is 9.80 Å². The summed E-state index contributed by atoms with van der Waals surface area (Å²) in [7, 11) is 0. The van der Waals surface area contributed by atoms with E-state index in [2.05, 4.69) is 111 Å². The quantitative estimate of drug-likeness (QED) is 0.0820. The van der Waals surface area contributed by atoms with Crippen LogP contribution >= 0.6 is 0 Å². The highest BCUT2D eigenvalue weighted by molar-refractivity contribution is 5.79. The van der Waals surface area contributed by atoms with Gasteiger partial charge in [0.15, 0.2) is 0 Å². The fourth-order valence-corrected chi connectivity index (χ4v) is 8.48. The van der Waals surface area contributed by atoms with Crippen LogP contribution in [0.3, 0.4) is 0 Å². The minimum atomic E-state index is -4.45. The van der Waals surface area contributed by atoms with E-state index in [1.165, 1.54) is 35.4 Å².